The molecule has 106 valence electrons. The molecule has 0 aliphatic carbocycles. The molecule has 1 aromatic heterocycles. The molecule has 3 nitrogen and oxygen atoms in total. The molecular formula is C15H16BrFN2O. The normalized spacial score (nSPS) is 10.6. The summed E-state index contributed by atoms with van der Waals surface area (Å²) in [6.45, 7) is 5.50. The number of pyridine rings is 1. The van der Waals surface area contributed by atoms with Crippen LogP contribution in [0.5, 0.6) is 11.5 Å². The van der Waals surface area contributed by atoms with E-state index in [1.54, 1.807) is 18.3 Å². The molecule has 0 aliphatic heterocycles. The summed E-state index contributed by atoms with van der Waals surface area (Å²) in [4.78, 5) is 4.28. The van der Waals surface area contributed by atoms with Gasteiger partial charge >= 0.3 is 0 Å². The van der Waals surface area contributed by atoms with Crippen molar-refractivity contribution in [2.24, 2.45) is 0 Å². The molecule has 1 aromatic carbocycles. The number of hydrogen-bond donors (Lipinski definition) is 1. The summed E-state index contributed by atoms with van der Waals surface area (Å²) in [5, 5.41) is 3.24. The van der Waals surface area contributed by atoms with Gasteiger partial charge in [0.2, 0.25) is 0 Å². The predicted molar refractivity (Wildman–Crippen MR) is 80.5 cm³/mol. The minimum absolute atomic E-state index is 0.309. The van der Waals surface area contributed by atoms with Crippen LogP contribution in [0.25, 0.3) is 0 Å². The lowest BCUT2D eigenvalue weighted by atomic mass is 10.2. The first-order valence-electron chi connectivity index (χ1n) is 6.39. The van der Waals surface area contributed by atoms with Gasteiger partial charge in [0, 0.05) is 30.1 Å². The molecule has 2 rings (SSSR count). The van der Waals surface area contributed by atoms with Crippen LogP contribution in [0.3, 0.4) is 0 Å². The van der Waals surface area contributed by atoms with Crippen molar-refractivity contribution in [3.63, 3.8) is 0 Å². The quantitative estimate of drug-likeness (QED) is 0.887. The van der Waals surface area contributed by atoms with E-state index in [1.165, 1.54) is 6.07 Å². The fraction of sp³-hybridized carbons (Fsp3) is 0.267. The third kappa shape index (κ3) is 3.77. The summed E-state index contributed by atoms with van der Waals surface area (Å²) in [5.41, 5.74) is 1.85. The van der Waals surface area contributed by atoms with Crippen molar-refractivity contribution in [3.8, 4) is 11.5 Å². The molecule has 0 atom stereocenters. The highest BCUT2D eigenvalue weighted by atomic mass is 79.9. The summed E-state index contributed by atoms with van der Waals surface area (Å²) < 4.78 is 19.5. The van der Waals surface area contributed by atoms with Gasteiger partial charge in [0.1, 0.15) is 17.3 Å². The van der Waals surface area contributed by atoms with Gasteiger partial charge in [0.05, 0.1) is 4.47 Å². The van der Waals surface area contributed by atoms with Crippen LogP contribution < -0.4 is 10.1 Å². The topological polar surface area (TPSA) is 34.2 Å². The SMILES string of the molecule is CCNCc1cnc(C)cc1Oc1ccc(F)c(Br)c1. The van der Waals surface area contributed by atoms with Crippen LogP contribution in [0.15, 0.2) is 34.9 Å². The van der Waals surface area contributed by atoms with Gasteiger partial charge in [0.25, 0.3) is 0 Å². The van der Waals surface area contributed by atoms with Crippen molar-refractivity contribution in [2.75, 3.05) is 6.54 Å². The molecule has 0 fully saturated rings. The molecule has 0 spiro atoms. The molecule has 1 heterocycles. The van der Waals surface area contributed by atoms with E-state index in [0.29, 0.717) is 16.8 Å². The Labute approximate surface area is 126 Å². The molecule has 0 radical (unpaired) electrons. The second kappa shape index (κ2) is 6.81. The van der Waals surface area contributed by atoms with Gasteiger partial charge in [-0.1, -0.05) is 6.92 Å². The van der Waals surface area contributed by atoms with Gasteiger partial charge in [-0.15, -0.1) is 0 Å². The standard InChI is InChI=1S/C15H16BrFN2O/c1-3-18-8-11-9-19-10(2)6-15(11)20-12-4-5-14(17)13(16)7-12/h4-7,9,18H,3,8H2,1-2H3. The number of ether oxygens (including phenoxy) is 1. The molecule has 0 amide bonds. The van der Waals surface area contributed by atoms with E-state index in [1.807, 2.05) is 19.9 Å². The average molecular weight is 339 g/mol. The van der Waals surface area contributed by atoms with E-state index in [0.717, 1.165) is 23.6 Å². The number of nitrogens with one attached hydrogen (secondary N) is 1. The number of aryl methyl sites for hydroxylation is 1. The largest absolute Gasteiger partial charge is 0.457 e. The van der Waals surface area contributed by atoms with Crippen LogP contribution in [-0.4, -0.2) is 11.5 Å². The maximum atomic E-state index is 13.2. The minimum atomic E-state index is -0.309. The average Bonchev–Trinajstić information content (AvgIpc) is 2.42. The fourth-order valence-electron chi connectivity index (χ4n) is 1.72. The summed E-state index contributed by atoms with van der Waals surface area (Å²) in [7, 11) is 0. The first-order chi connectivity index (χ1) is 9.60. The van der Waals surface area contributed by atoms with E-state index < -0.39 is 0 Å². The van der Waals surface area contributed by atoms with Crippen molar-refractivity contribution in [1.82, 2.24) is 10.3 Å². The minimum Gasteiger partial charge on any atom is -0.457 e. The highest BCUT2D eigenvalue weighted by molar-refractivity contribution is 9.10. The third-order valence-electron chi connectivity index (χ3n) is 2.76. The monoisotopic (exact) mass is 338 g/mol. The van der Waals surface area contributed by atoms with Crippen molar-refractivity contribution in [1.29, 1.82) is 0 Å². The fourth-order valence-corrected chi connectivity index (χ4v) is 2.08. The Bertz CT molecular complexity index is 604. The Kier molecular flexibility index (Phi) is 5.09. The van der Waals surface area contributed by atoms with E-state index in [-0.39, 0.29) is 5.82 Å². The maximum absolute atomic E-state index is 13.2. The number of halogens is 2. The van der Waals surface area contributed by atoms with Crippen LogP contribution in [0.2, 0.25) is 0 Å². The van der Waals surface area contributed by atoms with Gasteiger partial charge in [-0.25, -0.2) is 4.39 Å². The van der Waals surface area contributed by atoms with Gasteiger partial charge in [-0.3, -0.25) is 4.98 Å². The molecule has 20 heavy (non-hydrogen) atoms. The maximum Gasteiger partial charge on any atom is 0.137 e. The van der Waals surface area contributed by atoms with E-state index in [4.69, 9.17) is 4.74 Å². The Balaban J connectivity index is 2.26. The van der Waals surface area contributed by atoms with Crippen LogP contribution in [0.4, 0.5) is 4.39 Å². The molecule has 5 heteroatoms. The highest BCUT2D eigenvalue weighted by Crippen LogP contribution is 2.28. The van der Waals surface area contributed by atoms with Gasteiger partial charge in [-0.05, 0) is 47.6 Å². The predicted octanol–water partition coefficient (Wildman–Crippen LogP) is 4.19. The number of rotatable bonds is 5. The van der Waals surface area contributed by atoms with Crippen molar-refractivity contribution in [2.45, 2.75) is 20.4 Å². The second-order valence-electron chi connectivity index (χ2n) is 4.39. The summed E-state index contributed by atoms with van der Waals surface area (Å²) >= 11 is 3.15. The Hall–Kier alpha value is -1.46. The molecule has 2 aromatic rings. The van der Waals surface area contributed by atoms with Crippen molar-refractivity contribution in [3.05, 3.63) is 52.0 Å². The number of hydrogen-bond acceptors (Lipinski definition) is 3. The van der Waals surface area contributed by atoms with Gasteiger partial charge in [0.15, 0.2) is 0 Å². The van der Waals surface area contributed by atoms with E-state index in [2.05, 4.69) is 26.2 Å². The summed E-state index contributed by atoms with van der Waals surface area (Å²) in [6, 6.07) is 6.47. The first kappa shape index (κ1) is 14.9. The van der Waals surface area contributed by atoms with Gasteiger partial charge < -0.3 is 10.1 Å². The highest BCUT2D eigenvalue weighted by Gasteiger charge is 2.08. The van der Waals surface area contributed by atoms with Crippen LogP contribution in [-0.2, 0) is 6.54 Å². The molecule has 0 aliphatic rings. The zero-order valence-corrected chi connectivity index (χ0v) is 13.0. The molecule has 1 N–H and O–H groups in total. The lowest BCUT2D eigenvalue weighted by Crippen LogP contribution is -2.12. The lowest BCUT2D eigenvalue weighted by molar-refractivity contribution is 0.469. The Morgan fingerprint density at radius 2 is 2.15 bits per heavy atom. The summed E-state index contributed by atoms with van der Waals surface area (Å²) in [5.74, 6) is 1.01. The zero-order chi connectivity index (χ0) is 14.5. The van der Waals surface area contributed by atoms with Crippen LogP contribution in [0, 0.1) is 12.7 Å². The Morgan fingerprint density at radius 1 is 1.35 bits per heavy atom. The number of nitrogens with zero attached hydrogens (tertiary/aromatic N) is 1. The van der Waals surface area contributed by atoms with Crippen molar-refractivity contribution < 1.29 is 9.13 Å². The Morgan fingerprint density at radius 3 is 2.85 bits per heavy atom. The second-order valence-corrected chi connectivity index (χ2v) is 5.25. The first-order valence-corrected chi connectivity index (χ1v) is 7.18. The zero-order valence-electron chi connectivity index (χ0n) is 11.4. The van der Waals surface area contributed by atoms with E-state index in [9.17, 15) is 4.39 Å². The summed E-state index contributed by atoms with van der Waals surface area (Å²) in [6.07, 6.45) is 1.80. The lowest BCUT2D eigenvalue weighted by Gasteiger charge is -2.12. The van der Waals surface area contributed by atoms with Crippen LogP contribution in [0.1, 0.15) is 18.2 Å². The number of aromatic nitrogens is 1. The molecule has 0 bridgehead atoms. The third-order valence-corrected chi connectivity index (χ3v) is 3.37. The molecule has 0 unspecified atom stereocenters. The molecule has 0 saturated carbocycles. The van der Waals surface area contributed by atoms with E-state index >= 15 is 0 Å². The number of benzene rings is 1. The van der Waals surface area contributed by atoms with Crippen LogP contribution >= 0.6 is 15.9 Å². The van der Waals surface area contributed by atoms with Gasteiger partial charge in [-0.2, -0.15) is 0 Å². The molecule has 0 saturated heterocycles. The molecular weight excluding hydrogens is 323 g/mol. The smallest absolute Gasteiger partial charge is 0.137 e. The van der Waals surface area contributed by atoms with Crippen molar-refractivity contribution >= 4 is 15.9 Å².